The van der Waals surface area contributed by atoms with Gasteiger partial charge < -0.3 is 10.4 Å². The fraction of sp³-hybridized carbons (Fsp3) is 0.529. The predicted molar refractivity (Wildman–Crippen MR) is 94.9 cm³/mol. The van der Waals surface area contributed by atoms with Gasteiger partial charge in [0, 0.05) is 18.2 Å². The van der Waals surface area contributed by atoms with E-state index < -0.39 is 27.3 Å². The monoisotopic (exact) mass is 370 g/mol. The van der Waals surface area contributed by atoms with Crippen LogP contribution in [0.15, 0.2) is 29.2 Å². The van der Waals surface area contributed by atoms with Crippen molar-refractivity contribution < 1.29 is 23.1 Å². The van der Waals surface area contributed by atoms with Gasteiger partial charge in [-0.2, -0.15) is 0 Å². The van der Waals surface area contributed by atoms with Crippen LogP contribution < -0.4 is 10.0 Å². The molecule has 0 aliphatic rings. The first-order valence-electron chi connectivity index (χ1n) is 8.22. The standard InChI is InChI=1S/C17H26N2O5S/c1-5-17(6-2,16(21)22)11-18-15(20)13-7-9-14(10-8-13)25(23,24)19-12(3)4/h7-10,12,19H,5-6,11H2,1-4H3,(H,18,20)(H,21,22). The Morgan fingerprint density at radius 3 is 2.04 bits per heavy atom. The lowest BCUT2D eigenvalue weighted by atomic mass is 9.82. The lowest BCUT2D eigenvalue weighted by Gasteiger charge is -2.26. The Kier molecular flexibility index (Phi) is 7.13. The number of amides is 1. The zero-order valence-electron chi connectivity index (χ0n) is 15.0. The average molecular weight is 370 g/mol. The van der Waals surface area contributed by atoms with Gasteiger partial charge in [0.05, 0.1) is 10.3 Å². The minimum atomic E-state index is -3.62. The maximum atomic E-state index is 12.2. The number of nitrogens with one attached hydrogen (secondary N) is 2. The molecule has 0 aromatic heterocycles. The van der Waals surface area contributed by atoms with Gasteiger partial charge in [-0.15, -0.1) is 0 Å². The highest BCUT2D eigenvalue weighted by Gasteiger charge is 2.35. The van der Waals surface area contributed by atoms with Gasteiger partial charge in [0.15, 0.2) is 0 Å². The minimum Gasteiger partial charge on any atom is -0.481 e. The number of hydrogen-bond acceptors (Lipinski definition) is 4. The van der Waals surface area contributed by atoms with Crippen LogP contribution in [-0.2, 0) is 14.8 Å². The third-order valence-electron chi connectivity index (χ3n) is 4.21. The molecular formula is C17H26N2O5S. The summed E-state index contributed by atoms with van der Waals surface area (Å²) in [7, 11) is -3.62. The van der Waals surface area contributed by atoms with Crippen molar-refractivity contribution in [3.63, 3.8) is 0 Å². The summed E-state index contributed by atoms with van der Waals surface area (Å²) in [5.41, 5.74) is -0.727. The normalized spacial score (nSPS) is 12.2. The third kappa shape index (κ3) is 5.27. The fourth-order valence-corrected chi connectivity index (χ4v) is 3.64. The van der Waals surface area contributed by atoms with Crippen LogP contribution in [0.1, 0.15) is 50.9 Å². The van der Waals surface area contributed by atoms with Crippen molar-refractivity contribution >= 4 is 21.9 Å². The number of carboxylic acid groups (broad SMARTS) is 1. The topological polar surface area (TPSA) is 113 Å². The summed E-state index contributed by atoms with van der Waals surface area (Å²) in [6.45, 7) is 6.99. The summed E-state index contributed by atoms with van der Waals surface area (Å²) < 4.78 is 26.6. The van der Waals surface area contributed by atoms with Crippen molar-refractivity contribution in [2.45, 2.75) is 51.5 Å². The van der Waals surface area contributed by atoms with E-state index in [1.165, 1.54) is 24.3 Å². The molecule has 8 heteroatoms. The van der Waals surface area contributed by atoms with E-state index in [1.54, 1.807) is 27.7 Å². The highest BCUT2D eigenvalue weighted by atomic mass is 32.2. The summed E-state index contributed by atoms with van der Waals surface area (Å²) in [4.78, 5) is 23.7. The van der Waals surface area contributed by atoms with Crippen molar-refractivity contribution in [3.05, 3.63) is 29.8 Å². The van der Waals surface area contributed by atoms with Crippen LogP contribution in [0.25, 0.3) is 0 Å². The first-order valence-corrected chi connectivity index (χ1v) is 9.70. The summed E-state index contributed by atoms with van der Waals surface area (Å²) in [6.07, 6.45) is 0.800. The average Bonchev–Trinajstić information content (AvgIpc) is 2.54. The van der Waals surface area contributed by atoms with Gasteiger partial charge in [-0.25, -0.2) is 13.1 Å². The molecule has 0 heterocycles. The molecule has 0 aliphatic carbocycles. The van der Waals surface area contributed by atoms with E-state index in [0.29, 0.717) is 12.8 Å². The first-order chi connectivity index (χ1) is 11.6. The molecule has 1 rings (SSSR count). The maximum Gasteiger partial charge on any atom is 0.311 e. The van der Waals surface area contributed by atoms with E-state index in [0.717, 1.165) is 0 Å². The van der Waals surface area contributed by atoms with Crippen molar-refractivity contribution in [2.75, 3.05) is 6.54 Å². The van der Waals surface area contributed by atoms with Gasteiger partial charge in [0.1, 0.15) is 0 Å². The number of benzene rings is 1. The molecule has 0 bridgehead atoms. The van der Waals surface area contributed by atoms with Crippen LogP contribution in [0.2, 0.25) is 0 Å². The van der Waals surface area contributed by atoms with E-state index in [1.807, 2.05) is 0 Å². The molecule has 0 aliphatic heterocycles. The van der Waals surface area contributed by atoms with Crippen LogP contribution in [0.4, 0.5) is 0 Å². The number of sulfonamides is 1. The SMILES string of the molecule is CCC(CC)(CNC(=O)c1ccc(S(=O)(=O)NC(C)C)cc1)C(=O)O. The molecule has 3 N–H and O–H groups in total. The Morgan fingerprint density at radius 1 is 1.12 bits per heavy atom. The molecule has 25 heavy (non-hydrogen) atoms. The molecule has 1 aromatic carbocycles. The summed E-state index contributed by atoms with van der Waals surface area (Å²) >= 11 is 0. The van der Waals surface area contributed by atoms with Crippen LogP contribution in [-0.4, -0.2) is 38.0 Å². The maximum absolute atomic E-state index is 12.2. The molecule has 140 valence electrons. The van der Waals surface area contributed by atoms with Gasteiger partial charge in [-0.3, -0.25) is 9.59 Å². The molecule has 0 atom stereocenters. The lowest BCUT2D eigenvalue weighted by molar-refractivity contribution is -0.149. The van der Waals surface area contributed by atoms with Crippen LogP contribution in [0.3, 0.4) is 0 Å². The highest BCUT2D eigenvalue weighted by molar-refractivity contribution is 7.89. The second-order valence-corrected chi connectivity index (χ2v) is 7.99. The summed E-state index contributed by atoms with van der Waals surface area (Å²) in [5, 5.41) is 12.0. The van der Waals surface area contributed by atoms with E-state index >= 15 is 0 Å². The van der Waals surface area contributed by atoms with Crippen molar-refractivity contribution in [1.29, 1.82) is 0 Å². The molecule has 0 saturated carbocycles. The highest BCUT2D eigenvalue weighted by Crippen LogP contribution is 2.25. The van der Waals surface area contributed by atoms with Crippen LogP contribution in [0, 0.1) is 5.41 Å². The van der Waals surface area contributed by atoms with Crippen LogP contribution in [0.5, 0.6) is 0 Å². The Bertz CT molecular complexity index is 707. The minimum absolute atomic E-state index is 0.0170. The number of hydrogen-bond donors (Lipinski definition) is 3. The lowest BCUT2D eigenvalue weighted by Crippen LogP contribution is -2.42. The zero-order valence-corrected chi connectivity index (χ0v) is 15.8. The molecule has 0 radical (unpaired) electrons. The summed E-state index contributed by atoms with van der Waals surface area (Å²) in [5.74, 6) is -1.38. The number of rotatable bonds is 9. The molecular weight excluding hydrogens is 344 g/mol. The van der Waals surface area contributed by atoms with E-state index in [-0.39, 0.29) is 23.0 Å². The molecule has 0 fully saturated rings. The Balaban J connectivity index is 2.86. The molecule has 1 aromatic rings. The van der Waals surface area contributed by atoms with Gasteiger partial charge >= 0.3 is 5.97 Å². The number of aliphatic carboxylic acids is 1. The number of carbonyl (C=O) groups is 2. The van der Waals surface area contributed by atoms with E-state index in [9.17, 15) is 23.1 Å². The quantitative estimate of drug-likeness (QED) is 0.615. The smallest absolute Gasteiger partial charge is 0.311 e. The van der Waals surface area contributed by atoms with Gasteiger partial charge in [-0.05, 0) is 51.0 Å². The van der Waals surface area contributed by atoms with Crippen molar-refractivity contribution in [3.8, 4) is 0 Å². The Hall–Kier alpha value is -1.93. The van der Waals surface area contributed by atoms with Gasteiger partial charge in [0.25, 0.3) is 5.91 Å². The molecule has 1 amide bonds. The second kappa shape index (κ2) is 8.44. The Labute approximate surface area is 148 Å². The van der Waals surface area contributed by atoms with E-state index in [2.05, 4.69) is 10.0 Å². The number of carbonyl (C=O) groups excluding carboxylic acids is 1. The Morgan fingerprint density at radius 2 is 1.64 bits per heavy atom. The predicted octanol–water partition coefficient (Wildman–Crippen LogP) is 1.99. The zero-order chi connectivity index (χ0) is 19.3. The van der Waals surface area contributed by atoms with Crippen molar-refractivity contribution in [2.24, 2.45) is 5.41 Å². The van der Waals surface area contributed by atoms with E-state index in [4.69, 9.17) is 0 Å². The molecule has 7 nitrogen and oxygen atoms in total. The van der Waals surface area contributed by atoms with Gasteiger partial charge in [0.2, 0.25) is 10.0 Å². The van der Waals surface area contributed by atoms with Gasteiger partial charge in [-0.1, -0.05) is 13.8 Å². The largest absolute Gasteiger partial charge is 0.481 e. The summed E-state index contributed by atoms with van der Waals surface area (Å²) in [6, 6.07) is 5.28. The van der Waals surface area contributed by atoms with Crippen molar-refractivity contribution in [1.82, 2.24) is 10.0 Å². The molecule has 0 saturated heterocycles. The second-order valence-electron chi connectivity index (χ2n) is 6.28. The third-order valence-corrected chi connectivity index (χ3v) is 5.89. The molecule has 0 spiro atoms. The number of carboxylic acids is 1. The van der Waals surface area contributed by atoms with Crippen LogP contribution >= 0.6 is 0 Å². The molecule has 0 unspecified atom stereocenters. The fourth-order valence-electron chi connectivity index (χ4n) is 2.39. The first kappa shape index (κ1) is 21.1.